The molecule has 1 amide bonds. The van der Waals surface area contributed by atoms with E-state index in [9.17, 15) is 9.18 Å². The molecule has 94 valence electrons. The maximum atomic E-state index is 13.4. The summed E-state index contributed by atoms with van der Waals surface area (Å²) in [5.41, 5.74) is 0.301. The summed E-state index contributed by atoms with van der Waals surface area (Å²) < 4.78 is 13.4. The number of amides is 1. The lowest BCUT2D eigenvalue weighted by molar-refractivity contribution is -0.119. The quantitative estimate of drug-likeness (QED) is 0.812. The summed E-state index contributed by atoms with van der Waals surface area (Å²) in [6.45, 7) is 6.00. The van der Waals surface area contributed by atoms with Crippen molar-refractivity contribution in [2.45, 2.75) is 38.8 Å². The van der Waals surface area contributed by atoms with Crippen molar-refractivity contribution in [1.29, 1.82) is 0 Å². The lowest BCUT2D eigenvalue weighted by Crippen LogP contribution is -2.61. The van der Waals surface area contributed by atoms with E-state index in [1.54, 1.807) is 6.08 Å². The van der Waals surface area contributed by atoms with Gasteiger partial charge < -0.3 is 5.32 Å². The summed E-state index contributed by atoms with van der Waals surface area (Å²) in [6.07, 6.45) is 4.41. The summed E-state index contributed by atoms with van der Waals surface area (Å²) in [5, 5.41) is 2.89. The first kappa shape index (κ1) is 12.3. The van der Waals surface area contributed by atoms with E-state index >= 15 is 0 Å². The van der Waals surface area contributed by atoms with Gasteiger partial charge in [0.1, 0.15) is 5.83 Å². The van der Waals surface area contributed by atoms with E-state index in [2.05, 4.69) is 24.1 Å². The van der Waals surface area contributed by atoms with Crippen LogP contribution in [0, 0.1) is 0 Å². The molecule has 0 aromatic carbocycles. The zero-order chi connectivity index (χ0) is 12.4. The fraction of sp³-hybridized carbons (Fsp3) is 0.615. The lowest BCUT2D eigenvalue weighted by Gasteiger charge is -2.42. The molecule has 1 N–H and O–H groups in total. The van der Waals surface area contributed by atoms with Crippen LogP contribution in [0.1, 0.15) is 26.7 Å². The second-order valence-corrected chi connectivity index (χ2v) is 4.99. The van der Waals surface area contributed by atoms with Gasteiger partial charge in [0.15, 0.2) is 0 Å². The van der Waals surface area contributed by atoms with Crippen molar-refractivity contribution in [3.05, 3.63) is 23.6 Å². The molecule has 0 spiro atoms. The van der Waals surface area contributed by atoms with Crippen molar-refractivity contribution >= 4 is 5.91 Å². The minimum atomic E-state index is -0.381. The zero-order valence-corrected chi connectivity index (χ0v) is 10.4. The molecule has 0 bridgehead atoms. The van der Waals surface area contributed by atoms with E-state index < -0.39 is 0 Å². The molecule has 1 fully saturated rings. The molecule has 1 aliphatic carbocycles. The van der Waals surface area contributed by atoms with Gasteiger partial charge in [0.25, 0.3) is 0 Å². The smallest absolute Gasteiger partial charge is 0.250 e. The van der Waals surface area contributed by atoms with E-state index in [-0.39, 0.29) is 17.8 Å². The molecule has 3 nitrogen and oxygen atoms in total. The van der Waals surface area contributed by atoms with Gasteiger partial charge in [0.2, 0.25) is 5.91 Å². The topological polar surface area (TPSA) is 32.3 Å². The number of carbonyl (C=O) groups is 1. The molecule has 17 heavy (non-hydrogen) atoms. The molecule has 2 rings (SSSR count). The Morgan fingerprint density at radius 1 is 1.53 bits per heavy atom. The predicted molar refractivity (Wildman–Crippen MR) is 65.1 cm³/mol. The van der Waals surface area contributed by atoms with Crippen LogP contribution in [0.5, 0.6) is 0 Å². The van der Waals surface area contributed by atoms with Gasteiger partial charge in [0, 0.05) is 19.1 Å². The molecule has 0 aromatic rings. The van der Waals surface area contributed by atoms with Crippen molar-refractivity contribution < 1.29 is 9.18 Å². The number of rotatable bonds is 3. The number of halogens is 1. The number of carbonyl (C=O) groups excluding carboxylic acids is 1. The summed E-state index contributed by atoms with van der Waals surface area (Å²) in [7, 11) is 0. The fourth-order valence-corrected chi connectivity index (χ4v) is 2.15. The maximum absolute atomic E-state index is 13.4. The van der Waals surface area contributed by atoms with Gasteiger partial charge >= 0.3 is 0 Å². The van der Waals surface area contributed by atoms with Crippen LogP contribution in [0.2, 0.25) is 0 Å². The van der Waals surface area contributed by atoms with E-state index in [0.717, 1.165) is 19.5 Å². The molecule has 0 aromatic heterocycles. The van der Waals surface area contributed by atoms with E-state index in [4.69, 9.17) is 0 Å². The minimum Gasteiger partial charge on any atom is -0.347 e. The molecule has 1 saturated heterocycles. The van der Waals surface area contributed by atoms with Gasteiger partial charge in [-0.1, -0.05) is 6.08 Å². The van der Waals surface area contributed by atoms with Gasteiger partial charge in [-0.25, -0.2) is 4.39 Å². The molecular formula is C13H19FN2O. The number of nitrogens with zero attached hydrogens (tertiary/aromatic N) is 1. The van der Waals surface area contributed by atoms with Gasteiger partial charge in [0.05, 0.1) is 11.6 Å². The lowest BCUT2D eigenvalue weighted by atomic mass is 10.0. The van der Waals surface area contributed by atoms with E-state index in [1.807, 2.05) is 0 Å². The van der Waals surface area contributed by atoms with Gasteiger partial charge in [-0.2, -0.15) is 0 Å². The first-order valence-electron chi connectivity index (χ1n) is 6.18. The molecule has 0 unspecified atom stereocenters. The molecule has 4 heteroatoms. The summed E-state index contributed by atoms with van der Waals surface area (Å²) in [6, 6.07) is 0.688. The van der Waals surface area contributed by atoms with Crippen LogP contribution in [0.3, 0.4) is 0 Å². The van der Waals surface area contributed by atoms with E-state index in [1.165, 1.54) is 6.08 Å². The standard InChI is InChI=1S/C13H19FN2O/c1-9(2)16-7-10(8-16)15-13(17)11-5-3-4-6-12(11)14/h4,6,9-10H,3,5,7-8H2,1-2H3,(H,15,17). The number of hydrogen-bond acceptors (Lipinski definition) is 2. The molecule has 0 saturated carbocycles. The van der Waals surface area contributed by atoms with Crippen LogP contribution in [-0.4, -0.2) is 36.0 Å². The Labute approximate surface area is 101 Å². The third kappa shape index (κ3) is 2.75. The highest BCUT2D eigenvalue weighted by atomic mass is 19.1. The second kappa shape index (κ2) is 5.00. The molecule has 0 radical (unpaired) electrons. The Kier molecular flexibility index (Phi) is 3.62. The first-order valence-corrected chi connectivity index (χ1v) is 6.18. The van der Waals surface area contributed by atoms with Crippen molar-refractivity contribution in [3.8, 4) is 0 Å². The van der Waals surface area contributed by atoms with Crippen LogP contribution in [0.25, 0.3) is 0 Å². The summed E-state index contributed by atoms with van der Waals surface area (Å²) in [5.74, 6) is -0.617. The average Bonchev–Trinajstić information content (AvgIpc) is 2.22. The van der Waals surface area contributed by atoms with Crippen LogP contribution >= 0.6 is 0 Å². The minimum absolute atomic E-state index is 0.177. The fourth-order valence-electron chi connectivity index (χ4n) is 2.15. The number of allylic oxidation sites excluding steroid dienone is 3. The van der Waals surface area contributed by atoms with Gasteiger partial charge in [-0.05, 0) is 32.8 Å². The third-order valence-electron chi connectivity index (χ3n) is 3.36. The maximum Gasteiger partial charge on any atom is 0.250 e. The van der Waals surface area contributed by atoms with Crippen LogP contribution in [0.4, 0.5) is 4.39 Å². The van der Waals surface area contributed by atoms with Crippen LogP contribution < -0.4 is 5.32 Å². The number of hydrogen-bond donors (Lipinski definition) is 1. The summed E-state index contributed by atoms with van der Waals surface area (Å²) in [4.78, 5) is 14.1. The Morgan fingerprint density at radius 2 is 2.24 bits per heavy atom. The SMILES string of the molecule is CC(C)N1CC(NC(=O)C2=C(F)C=CCC2)C1. The molecule has 1 aliphatic heterocycles. The third-order valence-corrected chi connectivity index (χ3v) is 3.36. The normalized spacial score (nSPS) is 21.9. The van der Waals surface area contributed by atoms with Crippen LogP contribution in [0.15, 0.2) is 23.6 Å². The zero-order valence-electron chi connectivity index (χ0n) is 10.4. The largest absolute Gasteiger partial charge is 0.347 e. The van der Waals surface area contributed by atoms with E-state index in [0.29, 0.717) is 18.0 Å². The highest BCUT2D eigenvalue weighted by molar-refractivity contribution is 5.94. The van der Waals surface area contributed by atoms with Crippen molar-refractivity contribution in [2.24, 2.45) is 0 Å². The highest BCUT2D eigenvalue weighted by Crippen LogP contribution is 2.21. The predicted octanol–water partition coefficient (Wildman–Crippen LogP) is 1.77. The molecule has 0 atom stereocenters. The molecular weight excluding hydrogens is 219 g/mol. The number of likely N-dealkylation sites (tertiary alicyclic amines) is 1. The van der Waals surface area contributed by atoms with Crippen molar-refractivity contribution in [1.82, 2.24) is 10.2 Å². The van der Waals surface area contributed by atoms with Gasteiger partial charge in [-0.3, -0.25) is 9.69 Å². The monoisotopic (exact) mass is 238 g/mol. The van der Waals surface area contributed by atoms with Gasteiger partial charge in [-0.15, -0.1) is 0 Å². The average molecular weight is 238 g/mol. The molecule has 1 heterocycles. The Balaban J connectivity index is 1.85. The first-order chi connectivity index (χ1) is 8.08. The Morgan fingerprint density at radius 3 is 2.82 bits per heavy atom. The second-order valence-electron chi connectivity index (χ2n) is 4.99. The Hall–Kier alpha value is -1.16. The van der Waals surface area contributed by atoms with Crippen LogP contribution in [-0.2, 0) is 4.79 Å². The van der Waals surface area contributed by atoms with Crippen molar-refractivity contribution in [2.75, 3.05) is 13.1 Å². The number of nitrogens with one attached hydrogen (secondary N) is 1. The Bertz CT molecular complexity index is 368. The summed E-state index contributed by atoms with van der Waals surface area (Å²) >= 11 is 0. The van der Waals surface area contributed by atoms with Crippen molar-refractivity contribution in [3.63, 3.8) is 0 Å². The molecule has 2 aliphatic rings. The highest BCUT2D eigenvalue weighted by Gasteiger charge is 2.30.